The van der Waals surface area contributed by atoms with Gasteiger partial charge in [0, 0.05) is 12.7 Å². The number of rotatable bonds is 2. The van der Waals surface area contributed by atoms with E-state index in [-0.39, 0.29) is 12.4 Å². The molecule has 0 spiro atoms. The van der Waals surface area contributed by atoms with Gasteiger partial charge in [-0.25, -0.2) is 4.98 Å². The topological polar surface area (TPSA) is 43.3 Å². The van der Waals surface area contributed by atoms with E-state index in [1.807, 2.05) is 6.20 Å². The first kappa shape index (κ1) is 12.4. The molecule has 0 saturated carbocycles. The van der Waals surface area contributed by atoms with Crippen molar-refractivity contribution in [3.05, 3.63) is 35.7 Å². The molecule has 0 aliphatic heterocycles. The lowest BCUT2D eigenvalue weighted by Gasteiger charge is -1.96. The third-order valence-electron chi connectivity index (χ3n) is 2.83. The van der Waals surface area contributed by atoms with Gasteiger partial charge in [-0.1, -0.05) is 24.3 Å². The van der Waals surface area contributed by atoms with Crippen molar-refractivity contribution in [3.63, 3.8) is 0 Å². The maximum Gasteiger partial charge on any atom is 0.194 e. The molecule has 3 aromatic rings. The standard InChI is InChI=1S/C12H13N3S.ClH/c1-2-8-3-4-10-11(5-8)16-12-14-9(6-13)7-15(10)12;/h3-5,7H,2,6,13H2,1H3;1H. The SMILES string of the molecule is CCc1ccc2c(c1)sc1nc(CN)cn12.Cl. The van der Waals surface area contributed by atoms with Crippen LogP contribution in [0.3, 0.4) is 0 Å². The van der Waals surface area contributed by atoms with Crippen LogP contribution in [0.5, 0.6) is 0 Å². The van der Waals surface area contributed by atoms with Gasteiger partial charge in [0.15, 0.2) is 4.96 Å². The number of aryl methyl sites for hydroxylation is 1. The lowest BCUT2D eigenvalue weighted by atomic mass is 10.2. The lowest BCUT2D eigenvalue weighted by molar-refractivity contribution is 1.02. The quantitative estimate of drug-likeness (QED) is 0.776. The van der Waals surface area contributed by atoms with E-state index >= 15 is 0 Å². The van der Waals surface area contributed by atoms with Gasteiger partial charge >= 0.3 is 0 Å². The third-order valence-corrected chi connectivity index (χ3v) is 3.84. The average Bonchev–Trinajstić information content (AvgIpc) is 2.84. The Labute approximate surface area is 110 Å². The van der Waals surface area contributed by atoms with Crippen LogP contribution in [0.25, 0.3) is 15.2 Å². The fraction of sp³-hybridized carbons (Fsp3) is 0.250. The Balaban J connectivity index is 0.00000108. The van der Waals surface area contributed by atoms with Gasteiger partial charge in [0.2, 0.25) is 0 Å². The fourth-order valence-corrected chi connectivity index (χ4v) is 3.00. The van der Waals surface area contributed by atoms with E-state index in [4.69, 9.17) is 5.73 Å². The van der Waals surface area contributed by atoms with Gasteiger partial charge in [-0.2, -0.15) is 0 Å². The monoisotopic (exact) mass is 267 g/mol. The summed E-state index contributed by atoms with van der Waals surface area (Å²) in [6.45, 7) is 2.68. The number of hydrogen-bond acceptors (Lipinski definition) is 3. The summed E-state index contributed by atoms with van der Waals surface area (Å²) in [6, 6.07) is 6.59. The van der Waals surface area contributed by atoms with Crippen LogP contribution >= 0.6 is 23.7 Å². The van der Waals surface area contributed by atoms with E-state index in [1.54, 1.807) is 11.3 Å². The summed E-state index contributed by atoms with van der Waals surface area (Å²) in [5.41, 5.74) is 9.14. The van der Waals surface area contributed by atoms with E-state index in [1.165, 1.54) is 15.8 Å². The average molecular weight is 268 g/mol. The highest BCUT2D eigenvalue weighted by molar-refractivity contribution is 7.23. The Morgan fingerprint density at radius 2 is 2.24 bits per heavy atom. The first-order valence-corrected chi connectivity index (χ1v) is 6.23. The molecule has 0 bridgehead atoms. The molecule has 3 nitrogen and oxygen atoms in total. The molecule has 2 aromatic heterocycles. The second-order valence-electron chi connectivity index (χ2n) is 3.85. The van der Waals surface area contributed by atoms with Gasteiger partial charge in [0.05, 0.1) is 15.9 Å². The van der Waals surface area contributed by atoms with Crippen LogP contribution < -0.4 is 5.73 Å². The number of aromatic nitrogens is 2. The first-order valence-electron chi connectivity index (χ1n) is 5.41. The summed E-state index contributed by atoms with van der Waals surface area (Å²) in [7, 11) is 0. The van der Waals surface area contributed by atoms with Crippen LogP contribution in [0, 0.1) is 0 Å². The number of halogens is 1. The molecule has 0 fully saturated rings. The molecule has 0 amide bonds. The van der Waals surface area contributed by atoms with Crippen molar-refractivity contribution in [1.82, 2.24) is 9.38 Å². The minimum atomic E-state index is 0. The van der Waals surface area contributed by atoms with Crippen molar-refractivity contribution in [2.24, 2.45) is 5.73 Å². The van der Waals surface area contributed by atoms with Crippen molar-refractivity contribution in [1.29, 1.82) is 0 Å². The highest BCUT2D eigenvalue weighted by Gasteiger charge is 2.07. The summed E-state index contributed by atoms with van der Waals surface area (Å²) in [6.07, 6.45) is 3.10. The van der Waals surface area contributed by atoms with Gasteiger partial charge in [-0.3, -0.25) is 4.40 Å². The zero-order chi connectivity index (χ0) is 11.1. The molecule has 3 rings (SSSR count). The Morgan fingerprint density at radius 3 is 2.94 bits per heavy atom. The summed E-state index contributed by atoms with van der Waals surface area (Å²) in [4.78, 5) is 5.51. The maximum absolute atomic E-state index is 5.59. The summed E-state index contributed by atoms with van der Waals surface area (Å²) >= 11 is 1.72. The normalized spacial score (nSPS) is 10.9. The van der Waals surface area contributed by atoms with Crippen LogP contribution in [0.4, 0.5) is 0 Å². The minimum absolute atomic E-state index is 0. The molecule has 2 N–H and O–H groups in total. The third kappa shape index (κ3) is 1.92. The van der Waals surface area contributed by atoms with Crippen LogP contribution in [-0.2, 0) is 13.0 Å². The summed E-state index contributed by atoms with van der Waals surface area (Å²) < 4.78 is 3.42. The van der Waals surface area contributed by atoms with Crippen LogP contribution in [0.1, 0.15) is 18.2 Å². The minimum Gasteiger partial charge on any atom is -0.325 e. The maximum atomic E-state index is 5.59. The van der Waals surface area contributed by atoms with Gasteiger partial charge in [-0.05, 0) is 24.1 Å². The lowest BCUT2D eigenvalue weighted by Crippen LogP contribution is -1.95. The fourth-order valence-electron chi connectivity index (χ4n) is 1.91. The Morgan fingerprint density at radius 1 is 1.41 bits per heavy atom. The molecule has 5 heteroatoms. The van der Waals surface area contributed by atoms with Crippen LogP contribution in [0.15, 0.2) is 24.4 Å². The number of thiazole rings is 1. The molecule has 17 heavy (non-hydrogen) atoms. The predicted octanol–water partition coefficient (Wildman–Crippen LogP) is 2.99. The van der Waals surface area contributed by atoms with Gasteiger partial charge in [0.1, 0.15) is 0 Å². The zero-order valence-electron chi connectivity index (χ0n) is 9.51. The molecular weight excluding hydrogens is 254 g/mol. The number of imidazole rings is 1. The Hall–Kier alpha value is -1.10. The van der Waals surface area contributed by atoms with Crippen molar-refractivity contribution >= 4 is 38.9 Å². The molecule has 2 heterocycles. The molecule has 0 aliphatic rings. The van der Waals surface area contributed by atoms with Crippen LogP contribution in [-0.4, -0.2) is 9.38 Å². The largest absolute Gasteiger partial charge is 0.325 e. The zero-order valence-corrected chi connectivity index (χ0v) is 11.1. The van der Waals surface area contributed by atoms with Crippen molar-refractivity contribution in [2.45, 2.75) is 19.9 Å². The highest BCUT2D eigenvalue weighted by Crippen LogP contribution is 2.27. The molecule has 90 valence electrons. The van der Waals surface area contributed by atoms with E-state index in [0.29, 0.717) is 6.54 Å². The van der Waals surface area contributed by atoms with Crippen molar-refractivity contribution in [2.75, 3.05) is 0 Å². The second-order valence-corrected chi connectivity index (χ2v) is 4.86. The number of nitrogens with two attached hydrogens (primary N) is 1. The van der Waals surface area contributed by atoms with Gasteiger partial charge in [-0.15, -0.1) is 12.4 Å². The smallest absolute Gasteiger partial charge is 0.194 e. The number of fused-ring (bicyclic) bond motifs is 3. The molecule has 0 aliphatic carbocycles. The number of benzene rings is 1. The van der Waals surface area contributed by atoms with Crippen molar-refractivity contribution < 1.29 is 0 Å². The van der Waals surface area contributed by atoms with E-state index in [2.05, 4.69) is 34.5 Å². The molecule has 0 saturated heterocycles. The predicted molar refractivity (Wildman–Crippen MR) is 75.1 cm³/mol. The Bertz CT molecular complexity index is 650. The molecule has 0 radical (unpaired) electrons. The van der Waals surface area contributed by atoms with E-state index < -0.39 is 0 Å². The molecule has 0 unspecified atom stereocenters. The van der Waals surface area contributed by atoms with Crippen molar-refractivity contribution in [3.8, 4) is 0 Å². The van der Waals surface area contributed by atoms with E-state index in [0.717, 1.165) is 17.1 Å². The second kappa shape index (κ2) is 4.64. The van der Waals surface area contributed by atoms with Crippen LogP contribution in [0.2, 0.25) is 0 Å². The Kier molecular flexibility index (Phi) is 3.38. The van der Waals surface area contributed by atoms with Gasteiger partial charge in [0.25, 0.3) is 0 Å². The van der Waals surface area contributed by atoms with Gasteiger partial charge < -0.3 is 5.73 Å². The number of hydrogen-bond donors (Lipinski definition) is 1. The molecule has 1 aromatic carbocycles. The summed E-state index contributed by atoms with van der Waals surface area (Å²) in [5.74, 6) is 0. The first-order chi connectivity index (χ1) is 7.81. The molecular formula is C12H14ClN3S. The number of nitrogens with zero attached hydrogens (tertiary/aromatic N) is 2. The van der Waals surface area contributed by atoms with E-state index in [9.17, 15) is 0 Å². The highest BCUT2D eigenvalue weighted by atomic mass is 35.5. The summed E-state index contributed by atoms with van der Waals surface area (Å²) in [5, 5.41) is 0. The molecule has 0 atom stereocenters.